The molecule has 11 aromatic carbocycles. The van der Waals surface area contributed by atoms with Crippen molar-refractivity contribution in [1.29, 1.82) is 0 Å². The summed E-state index contributed by atoms with van der Waals surface area (Å²) in [6.07, 6.45) is 9.41. The molecule has 1 aliphatic carbocycles. The van der Waals surface area contributed by atoms with Crippen molar-refractivity contribution in [3.8, 4) is 89.8 Å². The lowest BCUT2D eigenvalue weighted by Crippen LogP contribution is -2.08. The summed E-state index contributed by atoms with van der Waals surface area (Å²) in [5.41, 5.74) is 19.7. The number of para-hydroxylation sites is 2. The van der Waals surface area contributed by atoms with Crippen molar-refractivity contribution in [2.24, 2.45) is 0 Å². The second-order valence-corrected chi connectivity index (χ2v) is 20.7. The van der Waals surface area contributed by atoms with E-state index >= 15 is 0 Å². The quantitative estimate of drug-likeness (QED) is 0.137. The molecule has 0 N–H and O–H groups in total. The van der Waals surface area contributed by atoms with Crippen LogP contribution in [0.5, 0.6) is 0 Å². The Morgan fingerprint density at radius 3 is 1.30 bits per heavy atom. The van der Waals surface area contributed by atoms with Gasteiger partial charge in [-0.25, -0.2) is 15.0 Å². The Morgan fingerprint density at radius 1 is 0.300 bits per heavy atom. The Hall–Kier alpha value is -10.5. The topological polar surface area (TPSA) is 48.5 Å². The highest BCUT2D eigenvalue weighted by molar-refractivity contribution is 6.14. The summed E-state index contributed by atoms with van der Waals surface area (Å²) in [6.45, 7) is 0. The summed E-state index contributed by atoms with van der Waals surface area (Å²) in [6, 6.07) is 96.6. The first-order valence-corrected chi connectivity index (χ1v) is 27.4. The van der Waals surface area contributed by atoms with Crippen LogP contribution in [0.3, 0.4) is 0 Å². The van der Waals surface area contributed by atoms with Crippen LogP contribution in [0.15, 0.2) is 291 Å². The maximum atomic E-state index is 5.43. The largest absolute Gasteiger partial charge is 0.309 e. The van der Waals surface area contributed by atoms with Crippen LogP contribution in [0.4, 0.5) is 0 Å². The minimum absolute atomic E-state index is 0.000557. The Kier molecular flexibility index (Phi) is 11.6. The smallest absolute Gasteiger partial charge is 0.163 e. The Balaban J connectivity index is 1.06. The van der Waals surface area contributed by atoms with Gasteiger partial charge in [0.25, 0.3) is 0 Å². The van der Waals surface area contributed by atoms with Crippen molar-refractivity contribution in [3.63, 3.8) is 0 Å². The third-order valence-electron chi connectivity index (χ3n) is 15.9. The lowest BCUT2D eigenvalue weighted by Gasteiger charge is -2.22. The van der Waals surface area contributed by atoms with Gasteiger partial charge in [-0.05, 0) is 99.5 Å². The molecule has 15 rings (SSSR count). The summed E-state index contributed by atoms with van der Waals surface area (Å²) in [5.74, 6) is 2.02. The van der Waals surface area contributed by atoms with Crippen LogP contribution in [-0.2, 0) is 0 Å². The number of benzene rings is 11. The van der Waals surface area contributed by atoms with E-state index in [9.17, 15) is 0 Å². The molecule has 5 nitrogen and oxygen atoms in total. The molecule has 1 aliphatic rings. The second-order valence-electron chi connectivity index (χ2n) is 20.7. The van der Waals surface area contributed by atoms with Gasteiger partial charge in [0.2, 0.25) is 0 Å². The summed E-state index contributed by atoms with van der Waals surface area (Å²) in [7, 11) is 0. The van der Waals surface area contributed by atoms with E-state index in [4.69, 9.17) is 15.0 Å². The van der Waals surface area contributed by atoms with Gasteiger partial charge in [0.15, 0.2) is 11.6 Å². The standard InChI is InChI=1S/C75H51N5/c1-6-20-50(21-7-1)53-34-38-55(39-35-53)65-47-60(75-77-73(57-26-12-4-13-27-57)76-74(78-75)58-28-14-5-15-29-58)48-66(56-40-36-54(37-41-56)51-22-8-2-9-23-51)72(65)80-70-45-42-59(52-24-10-3-11-25-52)46-67(70)64-44-43-61(49-71(64)80)79-68-32-18-16-30-62(68)63-31-17-19-33-69(63)79/h1-28,30-49,58H,29H2. The highest BCUT2D eigenvalue weighted by Crippen LogP contribution is 2.46. The number of allylic oxidation sites excluding steroid dienone is 4. The molecule has 1 unspecified atom stereocenters. The predicted molar refractivity (Wildman–Crippen MR) is 332 cm³/mol. The molecular formula is C75H51N5. The summed E-state index contributed by atoms with van der Waals surface area (Å²) < 4.78 is 4.96. The minimum Gasteiger partial charge on any atom is -0.309 e. The third kappa shape index (κ3) is 8.32. The number of nitrogens with zero attached hydrogens (tertiary/aromatic N) is 5. The molecule has 0 radical (unpaired) electrons. The van der Waals surface area contributed by atoms with Crippen molar-refractivity contribution in [1.82, 2.24) is 24.1 Å². The van der Waals surface area contributed by atoms with Crippen molar-refractivity contribution < 1.29 is 0 Å². The average Bonchev–Trinajstić information content (AvgIpc) is 4.21. The van der Waals surface area contributed by atoms with Crippen molar-refractivity contribution in [2.45, 2.75) is 12.3 Å². The molecular weight excluding hydrogens is 971 g/mol. The van der Waals surface area contributed by atoms with E-state index in [2.05, 4.69) is 282 Å². The van der Waals surface area contributed by atoms with Gasteiger partial charge in [-0.3, -0.25) is 0 Å². The minimum atomic E-state index is 0.000557. The van der Waals surface area contributed by atoms with E-state index in [0.29, 0.717) is 11.6 Å². The van der Waals surface area contributed by atoms with Gasteiger partial charge in [0, 0.05) is 55.4 Å². The Labute approximate surface area is 464 Å². The van der Waals surface area contributed by atoms with Gasteiger partial charge in [-0.15, -0.1) is 0 Å². The fraction of sp³-hybridized carbons (Fsp3) is 0.0267. The summed E-state index contributed by atoms with van der Waals surface area (Å²) in [4.78, 5) is 16.0. The van der Waals surface area contributed by atoms with E-state index in [1.54, 1.807) is 0 Å². The molecule has 0 spiro atoms. The zero-order valence-corrected chi connectivity index (χ0v) is 43.7. The van der Waals surface area contributed by atoms with E-state index < -0.39 is 0 Å². The zero-order chi connectivity index (χ0) is 52.9. The highest BCUT2D eigenvalue weighted by atomic mass is 15.0. The van der Waals surface area contributed by atoms with Gasteiger partial charge < -0.3 is 9.13 Å². The normalized spacial score (nSPS) is 13.2. The SMILES string of the molecule is C1=CCC(c2nc(-c3ccccc3)nc(-c3cc(-c4ccc(-c5ccccc5)cc4)c(-n4c5ccc(-c6ccccc6)cc5c5ccc(-n6c7ccccc7c7ccccc76)cc54)c(-c4ccc(-c5ccccc5)cc4)c3)n2)C=C1. The fourth-order valence-corrected chi connectivity index (χ4v) is 12.0. The molecule has 5 heteroatoms. The Bertz CT molecular complexity index is 4530. The lowest BCUT2D eigenvalue weighted by molar-refractivity contribution is 0.764. The summed E-state index contributed by atoms with van der Waals surface area (Å²) in [5, 5.41) is 4.77. The van der Waals surface area contributed by atoms with Crippen molar-refractivity contribution in [2.75, 3.05) is 0 Å². The fourth-order valence-electron chi connectivity index (χ4n) is 12.0. The highest BCUT2D eigenvalue weighted by Gasteiger charge is 2.26. The van der Waals surface area contributed by atoms with E-state index in [0.717, 1.165) is 101 Å². The van der Waals surface area contributed by atoms with Crippen molar-refractivity contribution in [3.05, 3.63) is 297 Å². The van der Waals surface area contributed by atoms with Crippen LogP contribution in [0.1, 0.15) is 18.2 Å². The molecule has 0 amide bonds. The molecule has 1 atom stereocenters. The number of rotatable bonds is 10. The van der Waals surface area contributed by atoms with E-state index in [1.165, 1.54) is 32.8 Å². The van der Waals surface area contributed by atoms with Crippen LogP contribution in [-0.4, -0.2) is 24.1 Å². The van der Waals surface area contributed by atoms with Gasteiger partial charge >= 0.3 is 0 Å². The van der Waals surface area contributed by atoms with Crippen LogP contribution in [0, 0.1) is 0 Å². The number of aromatic nitrogens is 5. The van der Waals surface area contributed by atoms with Crippen LogP contribution in [0.25, 0.3) is 133 Å². The third-order valence-corrected chi connectivity index (χ3v) is 15.9. The molecule has 3 aromatic heterocycles. The van der Waals surface area contributed by atoms with Crippen molar-refractivity contribution >= 4 is 43.6 Å². The number of hydrogen-bond acceptors (Lipinski definition) is 3. The van der Waals surface area contributed by atoms with Crippen LogP contribution in [0.2, 0.25) is 0 Å². The maximum Gasteiger partial charge on any atom is 0.163 e. The first-order chi connectivity index (χ1) is 39.7. The van der Waals surface area contributed by atoms with E-state index in [-0.39, 0.29) is 5.92 Å². The predicted octanol–water partition coefficient (Wildman–Crippen LogP) is 19.3. The lowest BCUT2D eigenvalue weighted by atomic mass is 9.91. The molecule has 0 aliphatic heterocycles. The number of fused-ring (bicyclic) bond motifs is 6. The first-order valence-electron chi connectivity index (χ1n) is 27.4. The van der Waals surface area contributed by atoms with Crippen LogP contribution >= 0.6 is 0 Å². The molecule has 0 saturated heterocycles. The van der Waals surface area contributed by atoms with Crippen LogP contribution < -0.4 is 0 Å². The van der Waals surface area contributed by atoms with Gasteiger partial charge in [-0.2, -0.15) is 0 Å². The zero-order valence-electron chi connectivity index (χ0n) is 43.7. The first kappa shape index (κ1) is 46.8. The van der Waals surface area contributed by atoms with Gasteiger partial charge in [0.05, 0.1) is 27.8 Å². The molecule has 0 bridgehead atoms. The van der Waals surface area contributed by atoms with Gasteiger partial charge in [-0.1, -0.05) is 243 Å². The second kappa shape index (κ2) is 19.8. The molecule has 80 heavy (non-hydrogen) atoms. The summed E-state index contributed by atoms with van der Waals surface area (Å²) >= 11 is 0. The number of hydrogen-bond donors (Lipinski definition) is 0. The molecule has 0 fully saturated rings. The molecule has 14 aromatic rings. The maximum absolute atomic E-state index is 5.43. The molecule has 376 valence electrons. The van der Waals surface area contributed by atoms with E-state index in [1.807, 2.05) is 18.2 Å². The molecule has 3 heterocycles. The monoisotopic (exact) mass is 1020 g/mol. The Morgan fingerprint density at radius 2 is 0.750 bits per heavy atom. The average molecular weight is 1020 g/mol. The van der Waals surface area contributed by atoms with Gasteiger partial charge in [0.1, 0.15) is 5.82 Å². The molecule has 0 saturated carbocycles.